The van der Waals surface area contributed by atoms with Crippen LogP contribution in [-0.2, 0) is 16.1 Å². The van der Waals surface area contributed by atoms with E-state index in [-0.39, 0.29) is 24.5 Å². The van der Waals surface area contributed by atoms with E-state index >= 15 is 0 Å². The molecule has 3 aromatic carbocycles. The molecule has 34 heavy (non-hydrogen) atoms. The molecule has 1 aliphatic rings. The molecule has 3 aromatic rings. The zero-order valence-electron chi connectivity index (χ0n) is 20.1. The number of amides is 2. The second-order valence-corrected chi connectivity index (χ2v) is 9.19. The molecule has 178 valence electrons. The van der Waals surface area contributed by atoms with Gasteiger partial charge in [-0.1, -0.05) is 86.0 Å². The average Bonchev–Trinajstić information content (AvgIpc) is 3.36. The van der Waals surface area contributed by atoms with Crippen LogP contribution < -0.4 is 10.1 Å². The molecule has 1 atom stereocenters. The van der Waals surface area contributed by atoms with Crippen molar-refractivity contribution < 1.29 is 14.3 Å². The molecule has 0 bridgehead atoms. The van der Waals surface area contributed by atoms with E-state index in [4.69, 9.17) is 4.74 Å². The maximum absolute atomic E-state index is 13.5. The van der Waals surface area contributed by atoms with Gasteiger partial charge in [-0.2, -0.15) is 0 Å². The molecule has 0 heterocycles. The number of nitrogens with zero attached hydrogens (tertiary/aromatic N) is 1. The lowest BCUT2D eigenvalue weighted by atomic mass is 10.1. The van der Waals surface area contributed by atoms with Crippen LogP contribution in [0.4, 0.5) is 0 Å². The first-order valence-electron chi connectivity index (χ1n) is 12.3. The smallest absolute Gasteiger partial charge is 0.261 e. The molecule has 0 aliphatic heterocycles. The maximum atomic E-state index is 13.5. The first-order valence-corrected chi connectivity index (χ1v) is 12.3. The van der Waals surface area contributed by atoms with Gasteiger partial charge in [0.15, 0.2) is 6.61 Å². The zero-order valence-corrected chi connectivity index (χ0v) is 20.1. The Bertz CT molecular complexity index is 1110. The standard InChI is InChI=1S/C29H34N2O3/c1-3-26(29(33)30-24-11-5-6-12-24)31(19-22-17-15-21(2)16-18-22)28(32)20-34-27-14-8-10-23-9-4-7-13-25(23)27/h4,7-10,13-18,24,26H,3,5-6,11-12,19-20H2,1-2H3,(H,30,33)/t26-/m1/s1. The molecule has 0 aromatic heterocycles. The van der Waals surface area contributed by atoms with Crippen molar-refractivity contribution in [1.82, 2.24) is 10.2 Å². The van der Waals surface area contributed by atoms with Crippen molar-refractivity contribution >= 4 is 22.6 Å². The topological polar surface area (TPSA) is 58.6 Å². The van der Waals surface area contributed by atoms with E-state index in [1.54, 1.807) is 4.90 Å². The Balaban J connectivity index is 1.53. The Morgan fingerprint density at radius 2 is 1.71 bits per heavy atom. The summed E-state index contributed by atoms with van der Waals surface area (Å²) in [6, 6.07) is 21.6. The van der Waals surface area contributed by atoms with Gasteiger partial charge in [-0.05, 0) is 43.2 Å². The fourth-order valence-corrected chi connectivity index (χ4v) is 4.72. The van der Waals surface area contributed by atoms with Crippen molar-refractivity contribution in [1.29, 1.82) is 0 Å². The van der Waals surface area contributed by atoms with E-state index in [0.717, 1.165) is 47.6 Å². The van der Waals surface area contributed by atoms with E-state index in [0.29, 0.717) is 18.7 Å². The molecule has 0 radical (unpaired) electrons. The second-order valence-electron chi connectivity index (χ2n) is 9.19. The molecule has 0 saturated heterocycles. The summed E-state index contributed by atoms with van der Waals surface area (Å²) in [6.07, 6.45) is 4.86. The number of rotatable bonds is 9. The average molecular weight is 459 g/mol. The van der Waals surface area contributed by atoms with Gasteiger partial charge in [-0.25, -0.2) is 0 Å². The highest BCUT2D eigenvalue weighted by atomic mass is 16.5. The van der Waals surface area contributed by atoms with Gasteiger partial charge in [-0.15, -0.1) is 0 Å². The molecule has 5 heteroatoms. The van der Waals surface area contributed by atoms with Crippen LogP contribution in [0.3, 0.4) is 0 Å². The van der Waals surface area contributed by atoms with Gasteiger partial charge in [0.05, 0.1) is 0 Å². The highest BCUT2D eigenvalue weighted by molar-refractivity contribution is 5.90. The number of nitrogens with one attached hydrogen (secondary N) is 1. The monoisotopic (exact) mass is 458 g/mol. The molecule has 4 rings (SSSR count). The van der Waals surface area contributed by atoms with Gasteiger partial charge in [0.2, 0.25) is 5.91 Å². The molecule has 1 aliphatic carbocycles. The molecule has 5 nitrogen and oxygen atoms in total. The van der Waals surface area contributed by atoms with Gasteiger partial charge in [0.1, 0.15) is 11.8 Å². The van der Waals surface area contributed by atoms with Gasteiger partial charge in [0.25, 0.3) is 5.91 Å². The first-order chi connectivity index (χ1) is 16.5. The number of carbonyl (C=O) groups excluding carboxylic acids is 2. The molecular formula is C29H34N2O3. The number of aryl methyl sites for hydroxylation is 1. The summed E-state index contributed by atoms with van der Waals surface area (Å²) in [7, 11) is 0. The fourth-order valence-electron chi connectivity index (χ4n) is 4.72. The summed E-state index contributed by atoms with van der Waals surface area (Å²) in [6.45, 7) is 4.25. The van der Waals surface area contributed by atoms with Crippen molar-refractivity contribution in [2.45, 2.75) is 64.6 Å². The molecule has 0 unspecified atom stereocenters. The molecule has 1 N–H and O–H groups in total. The minimum Gasteiger partial charge on any atom is -0.483 e. The fraction of sp³-hybridized carbons (Fsp3) is 0.379. The van der Waals surface area contributed by atoms with E-state index in [9.17, 15) is 9.59 Å². The van der Waals surface area contributed by atoms with Crippen LogP contribution in [0, 0.1) is 6.92 Å². The van der Waals surface area contributed by atoms with Crippen molar-refractivity contribution in [3.63, 3.8) is 0 Å². The van der Waals surface area contributed by atoms with Crippen LogP contribution in [0.5, 0.6) is 5.75 Å². The van der Waals surface area contributed by atoms with E-state index < -0.39 is 6.04 Å². The maximum Gasteiger partial charge on any atom is 0.261 e. The molecule has 1 saturated carbocycles. The molecule has 2 amide bonds. The van der Waals surface area contributed by atoms with Crippen LogP contribution in [-0.4, -0.2) is 35.4 Å². The SMILES string of the molecule is CC[C@H](C(=O)NC1CCCC1)N(Cc1ccc(C)cc1)C(=O)COc1cccc2ccccc12. The van der Waals surface area contributed by atoms with Crippen molar-refractivity contribution in [2.75, 3.05) is 6.61 Å². The summed E-state index contributed by atoms with van der Waals surface area (Å²) >= 11 is 0. The molecule has 1 fully saturated rings. The van der Waals surface area contributed by atoms with Crippen molar-refractivity contribution in [3.8, 4) is 5.75 Å². The van der Waals surface area contributed by atoms with Crippen LogP contribution in [0.2, 0.25) is 0 Å². The Morgan fingerprint density at radius 1 is 1.00 bits per heavy atom. The Kier molecular flexibility index (Phi) is 7.84. The van der Waals surface area contributed by atoms with Crippen LogP contribution in [0.25, 0.3) is 10.8 Å². The highest BCUT2D eigenvalue weighted by Crippen LogP contribution is 2.25. The number of hydrogen-bond acceptors (Lipinski definition) is 3. The number of hydrogen-bond donors (Lipinski definition) is 1. The minimum absolute atomic E-state index is 0.0694. The van der Waals surface area contributed by atoms with Crippen LogP contribution in [0.1, 0.15) is 50.2 Å². The quantitative estimate of drug-likeness (QED) is 0.467. The lowest BCUT2D eigenvalue weighted by Gasteiger charge is -2.31. The van der Waals surface area contributed by atoms with E-state index in [1.165, 1.54) is 0 Å². The summed E-state index contributed by atoms with van der Waals surface area (Å²) in [5.41, 5.74) is 2.16. The van der Waals surface area contributed by atoms with Crippen molar-refractivity contribution in [2.24, 2.45) is 0 Å². The zero-order chi connectivity index (χ0) is 23.9. The van der Waals surface area contributed by atoms with Crippen LogP contribution >= 0.6 is 0 Å². The molecular weight excluding hydrogens is 424 g/mol. The Hall–Kier alpha value is -3.34. The number of benzene rings is 3. The van der Waals surface area contributed by atoms with E-state index in [1.807, 2.05) is 80.6 Å². The number of ether oxygens (including phenoxy) is 1. The predicted molar refractivity (Wildman–Crippen MR) is 136 cm³/mol. The summed E-state index contributed by atoms with van der Waals surface area (Å²) in [5.74, 6) is 0.409. The van der Waals surface area contributed by atoms with E-state index in [2.05, 4.69) is 5.32 Å². The third-order valence-corrected chi connectivity index (χ3v) is 6.66. The summed E-state index contributed by atoms with van der Waals surface area (Å²) in [4.78, 5) is 28.4. The minimum atomic E-state index is -0.537. The third-order valence-electron chi connectivity index (χ3n) is 6.66. The summed E-state index contributed by atoms with van der Waals surface area (Å²) in [5, 5.41) is 5.21. The summed E-state index contributed by atoms with van der Waals surface area (Å²) < 4.78 is 6.00. The molecule has 0 spiro atoms. The highest BCUT2D eigenvalue weighted by Gasteiger charge is 2.30. The Labute approximate surface area is 202 Å². The largest absolute Gasteiger partial charge is 0.483 e. The lowest BCUT2D eigenvalue weighted by Crippen LogP contribution is -2.52. The van der Waals surface area contributed by atoms with Crippen molar-refractivity contribution in [3.05, 3.63) is 77.9 Å². The van der Waals surface area contributed by atoms with Crippen LogP contribution in [0.15, 0.2) is 66.7 Å². The normalized spacial score (nSPS) is 14.6. The number of carbonyl (C=O) groups is 2. The van der Waals surface area contributed by atoms with Gasteiger partial charge in [0, 0.05) is 18.0 Å². The first kappa shape index (κ1) is 23.8. The second kappa shape index (κ2) is 11.2. The third kappa shape index (κ3) is 5.77. The predicted octanol–water partition coefficient (Wildman–Crippen LogP) is 5.39. The number of fused-ring (bicyclic) bond motifs is 1. The van der Waals surface area contributed by atoms with Gasteiger partial charge in [-0.3, -0.25) is 9.59 Å². The lowest BCUT2D eigenvalue weighted by molar-refractivity contribution is -0.143. The van der Waals surface area contributed by atoms with Gasteiger partial charge >= 0.3 is 0 Å². The Morgan fingerprint density at radius 3 is 2.44 bits per heavy atom. The van der Waals surface area contributed by atoms with Gasteiger partial charge < -0.3 is 15.0 Å².